The smallest absolute Gasteiger partial charge is 0.343 e. The molecule has 1 heterocycles. The van der Waals surface area contributed by atoms with E-state index in [2.05, 4.69) is 10.4 Å². The molecule has 2 aromatic carbocycles. The van der Waals surface area contributed by atoms with E-state index >= 15 is 0 Å². The number of benzene rings is 2. The van der Waals surface area contributed by atoms with Gasteiger partial charge >= 0.3 is 5.97 Å². The van der Waals surface area contributed by atoms with E-state index in [1.807, 2.05) is 30.3 Å². The molecule has 0 spiro atoms. The topological polar surface area (TPSA) is 73.2 Å². The molecule has 0 unspecified atom stereocenters. The Labute approximate surface area is 182 Å². The van der Waals surface area contributed by atoms with Crippen LogP contribution in [0.3, 0.4) is 0 Å². The normalized spacial score (nSPS) is 10.6. The summed E-state index contributed by atoms with van der Waals surface area (Å²) < 4.78 is 6.47. The summed E-state index contributed by atoms with van der Waals surface area (Å²) in [5.41, 5.74) is 1.21. The van der Waals surface area contributed by atoms with Gasteiger partial charge in [0.2, 0.25) is 0 Å². The van der Waals surface area contributed by atoms with Gasteiger partial charge in [-0.25, -0.2) is 4.79 Å². The molecular weight excluding hydrogens is 433 g/mol. The molecule has 9 heteroatoms. The number of aryl methyl sites for hydroxylation is 2. The Morgan fingerprint density at radius 1 is 1.14 bits per heavy atom. The van der Waals surface area contributed by atoms with Gasteiger partial charge in [-0.3, -0.25) is 9.48 Å². The number of carbonyl (C=O) groups is 2. The van der Waals surface area contributed by atoms with Crippen LogP contribution in [0.25, 0.3) is 0 Å². The Morgan fingerprint density at radius 2 is 1.83 bits per heavy atom. The molecule has 6 nitrogen and oxygen atoms in total. The highest BCUT2D eigenvalue weighted by Crippen LogP contribution is 2.33. The molecule has 0 aliphatic carbocycles. The van der Waals surface area contributed by atoms with E-state index in [4.69, 9.17) is 27.9 Å². The fourth-order valence-corrected chi connectivity index (χ4v) is 3.82. The second-order valence-corrected chi connectivity index (χ2v) is 7.96. The van der Waals surface area contributed by atoms with Crippen molar-refractivity contribution in [2.75, 3.05) is 11.9 Å². The Balaban J connectivity index is 1.63. The van der Waals surface area contributed by atoms with E-state index < -0.39 is 18.5 Å². The number of rotatable bonds is 6. The Kier molecular flexibility index (Phi) is 6.84. The zero-order valence-electron chi connectivity index (χ0n) is 15.6. The van der Waals surface area contributed by atoms with Gasteiger partial charge in [-0.1, -0.05) is 47.1 Å². The maximum atomic E-state index is 12.3. The molecule has 0 fully saturated rings. The number of amides is 1. The maximum absolute atomic E-state index is 12.3. The zero-order valence-corrected chi connectivity index (χ0v) is 17.9. The van der Waals surface area contributed by atoms with Crippen molar-refractivity contribution in [3.63, 3.8) is 0 Å². The van der Waals surface area contributed by atoms with E-state index in [1.54, 1.807) is 32.2 Å². The highest BCUT2D eigenvalue weighted by atomic mass is 35.5. The van der Waals surface area contributed by atoms with Crippen LogP contribution in [-0.4, -0.2) is 28.3 Å². The lowest BCUT2D eigenvalue weighted by molar-refractivity contribution is -0.119. The third-order valence-corrected chi connectivity index (χ3v) is 5.66. The summed E-state index contributed by atoms with van der Waals surface area (Å²) in [6.07, 6.45) is 0. The van der Waals surface area contributed by atoms with Crippen molar-refractivity contribution in [3.8, 4) is 0 Å². The number of carbonyl (C=O) groups excluding carboxylic acids is 2. The lowest BCUT2D eigenvalue weighted by Crippen LogP contribution is -2.21. The van der Waals surface area contributed by atoms with E-state index in [9.17, 15) is 9.59 Å². The number of ether oxygens (including phenoxy) is 1. The predicted octanol–water partition coefficient (Wildman–Crippen LogP) is 4.98. The fraction of sp³-hybridized carbons (Fsp3) is 0.150. The van der Waals surface area contributed by atoms with Crippen LogP contribution in [0.4, 0.5) is 5.69 Å². The number of hydrogen-bond donors (Lipinski definition) is 1. The number of esters is 1. The lowest BCUT2D eigenvalue weighted by atomic mass is 10.3. The van der Waals surface area contributed by atoms with Gasteiger partial charge < -0.3 is 10.1 Å². The molecule has 29 heavy (non-hydrogen) atoms. The van der Waals surface area contributed by atoms with E-state index in [-0.39, 0.29) is 10.7 Å². The van der Waals surface area contributed by atoms with Crippen LogP contribution in [0.15, 0.2) is 58.3 Å². The highest BCUT2D eigenvalue weighted by Gasteiger charge is 2.21. The van der Waals surface area contributed by atoms with Crippen LogP contribution in [0.5, 0.6) is 0 Å². The lowest BCUT2D eigenvalue weighted by Gasteiger charge is -2.11. The van der Waals surface area contributed by atoms with Crippen molar-refractivity contribution < 1.29 is 14.3 Å². The first kappa shape index (κ1) is 21.2. The summed E-state index contributed by atoms with van der Waals surface area (Å²) >= 11 is 13.5. The standard InChI is InChI=1S/C20H17Cl2N3O3S/c1-12-18(19(22)25(2)24-12)20(27)28-11-17(26)23-15-5-3-4-6-16(15)29-14-9-7-13(21)8-10-14/h3-10H,11H2,1-2H3,(H,23,26). The summed E-state index contributed by atoms with van der Waals surface area (Å²) in [4.78, 5) is 26.4. The number of halogens is 2. The average Bonchev–Trinajstić information content (AvgIpc) is 2.95. The van der Waals surface area contributed by atoms with E-state index in [0.29, 0.717) is 16.4 Å². The summed E-state index contributed by atoms with van der Waals surface area (Å²) in [6.45, 7) is 1.20. The Bertz CT molecular complexity index is 1050. The third kappa shape index (κ3) is 5.32. The van der Waals surface area contributed by atoms with Gasteiger partial charge in [0.25, 0.3) is 5.91 Å². The van der Waals surface area contributed by atoms with Gasteiger partial charge in [0.1, 0.15) is 10.7 Å². The largest absolute Gasteiger partial charge is 0.452 e. The average molecular weight is 450 g/mol. The molecule has 0 atom stereocenters. The second kappa shape index (κ2) is 9.35. The minimum Gasteiger partial charge on any atom is -0.452 e. The molecule has 3 aromatic rings. The van der Waals surface area contributed by atoms with Gasteiger partial charge in [0, 0.05) is 21.9 Å². The molecule has 1 aromatic heterocycles. The molecule has 1 N–H and O–H groups in total. The quantitative estimate of drug-likeness (QED) is 0.537. The SMILES string of the molecule is Cc1nn(C)c(Cl)c1C(=O)OCC(=O)Nc1ccccc1Sc1ccc(Cl)cc1. The monoisotopic (exact) mass is 449 g/mol. The minimum absolute atomic E-state index is 0.153. The molecule has 0 aliphatic heterocycles. The first-order chi connectivity index (χ1) is 13.8. The Hall–Kier alpha value is -2.48. The molecule has 0 saturated carbocycles. The first-order valence-electron chi connectivity index (χ1n) is 8.53. The van der Waals surface area contributed by atoms with Crippen LogP contribution >= 0.6 is 35.0 Å². The van der Waals surface area contributed by atoms with Crippen LogP contribution < -0.4 is 5.32 Å². The van der Waals surface area contributed by atoms with Crippen molar-refractivity contribution >= 4 is 52.5 Å². The van der Waals surface area contributed by atoms with Crippen molar-refractivity contribution in [1.29, 1.82) is 0 Å². The van der Waals surface area contributed by atoms with Gasteiger partial charge in [0.05, 0.1) is 11.4 Å². The van der Waals surface area contributed by atoms with Crippen LogP contribution in [0, 0.1) is 6.92 Å². The molecule has 0 saturated heterocycles. The van der Waals surface area contributed by atoms with Gasteiger partial charge in [-0.05, 0) is 43.3 Å². The van der Waals surface area contributed by atoms with Gasteiger partial charge in [-0.2, -0.15) is 5.10 Å². The number of nitrogens with one attached hydrogen (secondary N) is 1. The zero-order chi connectivity index (χ0) is 21.0. The maximum Gasteiger partial charge on any atom is 0.343 e. The van der Waals surface area contributed by atoms with E-state index in [1.165, 1.54) is 16.4 Å². The van der Waals surface area contributed by atoms with Gasteiger partial charge in [-0.15, -0.1) is 0 Å². The molecule has 3 rings (SSSR count). The molecule has 150 valence electrons. The second-order valence-electron chi connectivity index (χ2n) is 6.05. The van der Waals surface area contributed by atoms with Crippen molar-refractivity contribution in [2.45, 2.75) is 16.7 Å². The highest BCUT2D eigenvalue weighted by molar-refractivity contribution is 7.99. The fourth-order valence-electron chi connectivity index (χ4n) is 2.54. The number of hydrogen-bond acceptors (Lipinski definition) is 5. The molecule has 0 bridgehead atoms. The van der Waals surface area contributed by atoms with Crippen LogP contribution in [0.1, 0.15) is 16.1 Å². The molecule has 0 radical (unpaired) electrons. The predicted molar refractivity (Wildman–Crippen MR) is 114 cm³/mol. The van der Waals surface area contributed by atoms with Crippen molar-refractivity contribution in [3.05, 3.63) is 70.0 Å². The van der Waals surface area contributed by atoms with Crippen LogP contribution in [0.2, 0.25) is 10.2 Å². The van der Waals surface area contributed by atoms with Crippen molar-refractivity contribution in [2.24, 2.45) is 7.05 Å². The Morgan fingerprint density at radius 3 is 2.48 bits per heavy atom. The van der Waals surface area contributed by atoms with E-state index in [0.717, 1.165) is 9.79 Å². The van der Waals surface area contributed by atoms with Crippen LogP contribution in [-0.2, 0) is 16.6 Å². The first-order valence-corrected chi connectivity index (χ1v) is 10.1. The number of anilines is 1. The third-order valence-electron chi connectivity index (χ3n) is 3.89. The summed E-state index contributed by atoms with van der Waals surface area (Å²) in [5, 5.41) is 7.64. The number of para-hydroxylation sites is 1. The summed E-state index contributed by atoms with van der Waals surface area (Å²) in [6, 6.07) is 14.8. The minimum atomic E-state index is -0.695. The summed E-state index contributed by atoms with van der Waals surface area (Å²) in [5.74, 6) is -1.15. The molecular formula is C20H17Cl2N3O3S. The van der Waals surface area contributed by atoms with Crippen molar-refractivity contribution in [1.82, 2.24) is 9.78 Å². The molecule has 1 amide bonds. The van der Waals surface area contributed by atoms with Gasteiger partial charge in [0.15, 0.2) is 6.61 Å². The summed E-state index contributed by atoms with van der Waals surface area (Å²) in [7, 11) is 1.62. The molecule has 0 aliphatic rings. The number of nitrogens with zero attached hydrogens (tertiary/aromatic N) is 2. The number of aromatic nitrogens is 2.